The second-order valence-corrected chi connectivity index (χ2v) is 8.05. The summed E-state index contributed by atoms with van der Waals surface area (Å²) in [6, 6.07) is 7.71. The van der Waals surface area contributed by atoms with Crippen molar-refractivity contribution in [3.8, 4) is 16.9 Å². The number of hydrogen-bond donors (Lipinski definition) is 1. The number of aromatic nitrogens is 2. The van der Waals surface area contributed by atoms with Crippen molar-refractivity contribution >= 4 is 27.5 Å². The van der Waals surface area contributed by atoms with Crippen LogP contribution in [0, 0.1) is 0 Å². The molecule has 3 rings (SSSR count). The fourth-order valence-electron chi connectivity index (χ4n) is 3.36. The molecule has 28 heavy (non-hydrogen) atoms. The molecule has 0 spiro atoms. The molecule has 2 N–H and O–H groups in total. The first-order valence-electron chi connectivity index (χ1n) is 9.36. The number of amides is 1. The number of aryl methyl sites for hydroxylation is 1. The molecular weight excluding hydrogens is 374 g/mol. The third kappa shape index (κ3) is 3.67. The van der Waals surface area contributed by atoms with Crippen LogP contribution in [0.2, 0.25) is 0 Å². The van der Waals surface area contributed by atoms with Crippen molar-refractivity contribution in [3.05, 3.63) is 45.3 Å². The van der Waals surface area contributed by atoms with E-state index in [1.807, 2.05) is 38.1 Å². The molecule has 0 unspecified atom stereocenters. The molecule has 0 radical (unpaired) electrons. The van der Waals surface area contributed by atoms with Gasteiger partial charge in [0, 0.05) is 29.3 Å². The van der Waals surface area contributed by atoms with Crippen LogP contribution in [0.1, 0.15) is 43.8 Å². The highest BCUT2D eigenvalue weighted by molar-refractivity contribution is 7.19. The SMILES string of the molecule is CCc1sc2nc(C(C)C)n(CCC(N)=O)c(=O)c2c1-c1cccc(OC)c1. The summed E-state index contributed by atoms with van der Waals surface area (Å²) in [6.45, 7) is 6.29. The molecule has 7 heteroatoms. The van der Waals surface area contributed by atoms with Crippen LogP contribution in [0.3, 0.4) is 0 Å². The van der Waals surface area contributed by atoms with E-state index in [9.17, 15) is 9.59 Å². The standard InChI is InChI=1S/C21H25N3O3S/c1-5-15-17(13-7-6-8-14(11-13)27-4)18-20(28-15)23-19(12(2)3)24(21(18)26)10-9-16(22)25/h6-8,11-12H,5,9-10H2,1-4H3,(H2,22,25). The average Bonchev–Trinajstić information content (AvgIpc) is 3.05. The van der Waals surface area contributed by atoms with E-state index < -0.39 is 5.91 Å². The van der Waals surface area contributed by atoms with Gasteiger partial charge in [0.15, 0.2) is 0 Å². The molecule has 0 saturated carbocycles. The highest BCUT2D eigenvalue weighted by Crippen LogP contribution is 2.38. The number of primary amides is 1. The van der Waals surface area contributed by atoms with Gasteiger partial charge in [-0.1, -0.05) is 32.9 Å². The van der Waals surface area contributed by atoms with Crippen LogP contribution < -0.4 is 16.0 Å². The van der Waals surface area contributed by atoms with E-state index >= 15 is 0 Å². The fraction of sp³-hybridized carbons (Fsp3) is 0.381. The molecule has 0 atom stereocenters. The van der Waals surface area contributed by atoms with Crippen molar-refractivity contribution in [2.24, 2.45) is 5.73 Å². The number of methoxy groups -OCH3 is 1. The number of nitrogens with zero attached hydrogens (tertiary/aromatic N) is 2. The number of hydrogen-bond acceptors (Lipinski definition) is 5. The Bertz CT molecular complexity index is 1080. The van der Waals surface area contributed by atoms with Crippen LogP contribution >= 0.6 is 11.3 Å². The molecule has 0 aliphatic carbocycles. The van der Waals surface area contributed by atoms with Crippen molar-refractivity contribution in [2.45, 2.75) is 46.1 Å². The summed E-state index contributed by atoms with van der Waals surface area (Å²) >= 11 is 1.55. The number of carbonyl (C=O) groups is 1. The molecule has 0 aliphatic rings. The van der Waals surface area contributed by atoms with Crippen molar-refractivity contribution in [1.82, 2.24) is 9.55 Å². The zero-order chi connectivity index (χ0) is 20.4. The fourth-order valence-corrected chi connectivity index (χ4v) is 4.49. The van der Waals surface area contributed by atoms with E-state index in [0.29, 0.717) is 11.2 Å². The first-order valence-corrected chi connectivity index (χ1v) is 10.2. The van der Waals surface area contributed by atoms with E-state index in [4.69, 9.17) is 15.5 Å². The lowest BCUT2D eigenvalue weighted by Crippen LogP contribution is -2.28. The van der Waals surface area contributed by atoms with E-state index in [1.54, 1.807) is 23.0 Å². The van der Waals surface area contributed by atoms with E-state index in [0.717, 1.165) is 33.0 Å². The first-order chi connectivity index (χ1) is 13.4. The minimum Gasteiger partial charge on any atom is -0.497 e. The minimum atomic E-state index is -0.436. The number of fused-ring (bicyclic) bond motifs is 1. The maximum absolute atomic E-state index is 13.5. The van der Waals surface area contributed by atoms with Crippen LogP contribution in [-0.2, 0) is 17.8 Å². The molecule has 6 nitrogen and oxygen atoms in total. The first kappa shape index (κ1) is 20.1. The van der Waals surface area contributed by atoms with E-state index in [2.05, 4.69) is 6.92 Å². The summed E-state index contributed by atoms with van der Waals surface area (Å²) in [6.07, 6.45) is 0.900. The third-order valence-corrected chi connectivity index (χ3v) is 5.92. The van der Waals surface area contributed by atoms with Gasteiger partial charge in [0.05, 0.1) is 12.5 Å². The van der Waals surface area contributed by atoms with Crippen LogP contribution in [-0.4, -0.2) is 22.6 Å². The number of benzene rings is 1. The Morgan fingerprint density at radius 1 is 1.36 bits per heavy atom. The Labute approximate surface area is 168 Å². The normalized spacial score (nSPS) is 11.3. The zero-order valence-electron chi connectivity index (χ0n) is 16.6. The molecule has 1 aromatic carbocycles. The molecule has 0 saturated heterocycles. The summed E-state index contributed by atoms with van der Waals surface area (Å²) in [5.41, 5.74) is 7.03. The van der Waals surface area contributed by atoms with Crippen molar-refractivity contribution in [2.75, 3.05) is 7.11 Å². The Balaban J connectivity index is 2.33. The van der Waals surface area contributed by atoms with Crippen LogP contribution in [0.5, 0.6) is 5.75 Å². The summed E-state index contributed by atoms with van der Waals surface area (Å²) in [5.74, 6) is 1.03. The summed E-state index contributed by atoms with van der Waals surface area (Å²) in [7, 11) is 1.62. The predicted molar refractivity (Wildman–Crippen MR) is 113 cm³/mol. The lowest BCUT2D eigenvalue weighted by molar-refractivity contribution is -0.118. The molecule has 2 aromatic heterocycles. The van der Waals surface area contributed by atoms with Gasteiger partial charge in [-0.2, -0.15) is 0 Å². The monoisotopic (exact) mass is 399 g/mol. The minimum absolute atomic E-state index is 0.0532. The van der Waals surface area contributed by atoms with Gasteiger partial charge in [-0.05, 0) is 24.1 Å². The van der Waals surface area contributed by atoms with E-state index in [-0.39, 0.29) is 24.4 Å². The zero-order valence-corrected chi connectivity index (χ0v) is 17.4. The maximum atomic E-state index is 13.5. The molecule has 0 aliphatic heterocycles. The quantitative estimate of drug-likeness (QED) is 0.656. The van der Waals surface area contributed by atoms with Gasteiger partial charge in [-0.25, -0.2) is 4.98 Å². The van der Waals surface area contributed by atoms with Gasteiger partial charge in [-0.15, -0.1) is 11.3 Å². The van der Waals surface area contributed by atoms with E-state index in [1.165, 1.54) is 0 Å². The highest BCUT2D eigenvalue weighted by Gasteiger charge is 2.22. The molecule has 2 heterocycles. The molecule has 0 bridgehead atoms. The maximum Gasteiger partial charge on any atom is 0.262 e. The van der Waals surface area contributed by atoms with Gasteiger partial charge in [-0.3, -0.25) is 14.2 Å². The number of thiophene rings is 1. The summed E-state index contributed by atoms with van der Waals surface area (Å²) in [4.78, 5) is 31.5. The molecular formula is C21H25N3O3S. The smallest absolute Gasteiger partial charge is 0.262 e. The Morgan fingerprint density at radius 3 is 2.71 bits per heavy atom. The second kappa shape index (κ2) is 8.14. The van der Waals surface area contributed by atoms with Crippen LogP contribution in [0.15, 0.2) is 29.1 Å². The molecule has 3 aromatic rings. The lowest BCUT2D eigenvalue weighted by atomic mass is 10.0. The van der Waals surface area contributed by atoms with Crippen molar-refractivity contribution < 1.29 is 9.53 Å². The van der Waals surface area contributed by atoms with Gasteiger partial charge in [0.25, 0.3) is 5.56 Å². The van der Waals surface area contributed by atoms with Crippen LogP contribution in [0.4, 0.5) is 0 Å². The average molecular weight is 400 g/mol. The Kier molecular flexibility index (Phi) is 5.84. The summed E-state index contributed by atoms with van der Waals surface area (Å²) in [5, 5.41) is 0.601. The van der Waals surface area contributed by atoms with Gasteiger partial charge in [0.2, 0.25) is 5.91 Å². The number of ether oxygens (including phenoxy) is 1. The Morgan fingerprint density at radius 2 is 2.11 bits per heavy atom. The third-order valence-electron chi connectivity index (χ3n) is 4.69. The lowest BCUT2D eigenvalue weighted by Gasteiger charge is -2.14. The van der Waals surface area contributed by atoms with Gasteiger partial charge in [0.1, 0.15) is 16.4 Å². The Hall–Kier alpha value is -2.67. The second-order valence-electron chi connectivity index (χ2n) is 6.96. The highest BCUT2D eigenvalue weighted by atomic mass is 32.1. The number of rotatable bonds is 7. The largest absolute Gasteiger partial charge is 0.497 e. The van der Waals surface area contributed by atoms with Gasteiger partial charge >= 0.3 is 0 Å². The molecule has 0 fully saturated rings. The van der Waals surface area contributed by atoms with Crippen molar-refractivity contribution in [1.29, 1.82) is 0 Å². The number of nitrogens with two attached hydrogens (primary N) is 1. The number of carbonyl (C=O) groups excluding carboxylic acids is 1. The van der Waals surface area contributed by atoms with Crippen molar-refractivity contribution in [3.63, 3.8) is 0 Å². The topological polar surface area (TPSA) is 87.2 Å². The molecule has 1 amide bonds. The molecule has 148 valence electrons. The van der Waals surface area contributed by atoms with Gasteiger partial charge < -0.3 is 10.5 Å². The van der Waals surface area contributed by atoms with Crippen LogP contribution in [0.25, 0.3) is 21.3 Å². The predicted octanol–water partition coefficient (Wildman–Crippen LogP) is 3.69. The summed E-state index contributed by atoms with van der Waals surface area (Å²) < 4.78 is 6.97.